The van der Waals surface area contributed by atoms with Crippen molar-refractivity contribution in [2.24, 2.45) is 5.41 Å². The highest BCUT2D eigenvalue weighted by molar-refractivity contribution is 6.09. The number of fused-ring (bicyclic) bond motifs is 3. The van der Waals surface area contributed by atoms with E-state index in [4.69, 9.17) is 9.72 Å². The maximum atomic E-state index is 6.97. The molecule has 7 aromatic rings. The van der Waals surface area contributed by atoms with E-state index in [1.165, 1.54) is 61.1 Å². The molecule has 5 nitrogen and oxygen atoms in total. The second kappa shape index (κ2) is 16.6. The van der Waals surface area contributed by atoms with Crippen LogP contribution in [0, 0.1) is 5.41 Å². The molecule has 5 aromatic carbocycles. The summed E-state index contributed by atoms with van der Waals surface area (Å²) in [6.07, 6.45) is 4.30. The van der Waals surface area contributed by atoms with Crippen LogP contribution in [0.2, 0.25) is 0 Å². The summed E-state index contributed by atoms with van der Waals surface area (Å²) >= 11 is 0. The lowest BCUT2D eigenvalue weighted by Gasteiger charge is -2.32. The molecule has 1 aliphatic heterocycles. The van der Waals surface area contributed by atoms with Gasteiger partial charge in [0.15, 0.2) is 0 Å². The number of benzene rings is 5. The molecule has 2 aromatic heterocycles. The van der Waals surface area contributed by atoms with E-state index < -0.39 is 0 Å². The van der Waals surface area contributed by atoms with Crippen LogP contribution in [0.3, 0.4) is 0 Å². The summed E-state index contributed by atoms with van der Waals surface area (Å²) in [5.74, 6) is 3.80. The molecular formula is C59H70N4O. The van der Waals surface area contributed by atoms with Gasteiger partial charge in [-0.25, -0.2) is 4.98 Å². The van der Waals surface area contributed by atoms with Gasteiger partial charge in [0.05, 0.1) is 17.7 Å². The predicted molar refractivity (Wildman–Crippen MR) is 274 cm³/mol. The van der Waals surface area contributed by atoms with Gasteiger partial charge in [-0.05, 0) is 122 Å². The number of hydrogen-bond donors (Lipinski definition) is 0. The molecule has 8 rings (SSSR count). The number of ether oxygens (including phenoxy) is 1. The summed E-state index contributed by atoms with van der Waals surface area (Å²) in [7, 11) is 0. The largest absolute Gasteiger partial charge is 0.457 e. The first-order chi connectivity index (χ1) is 30.1. The van der Waals surface area contributed by atoms with E-state index in [1.54, 1.807) is 0 Å². The van der Waals surface area contributed by atoms with Gasteiger partial charge in [0, 0.05) is 57.8 Å². The first kappa shape index (κ1) is 44.8. The first-order valence-electron chi connectivity index (χ1n) is 23.5. The molecule has 0 amide bonds. The predicted octanol–water partition coefficient (Wildman–Crippen LogP) is 16.8. The van der Waals surface area contributed by atoms with Gasteiger partial charge in [-0.2, -0.15) is 0 Å². The normalized spacial score (nSPS) is 13.9. The Morgan fingerprint density at radius 2 is 1.22 bits per heavy atom. The van der Waals surface area contributed by atoms with E-state index in [2.05, 4.69) is 234 Å². The van der Waals surface area contributed by atoms with Crippen LogP contribution in [0.25, 0.3) is 38.8 Å². The second-order valence-electron chi connectivity index (χ2n) is 22.1. The molecule has 3 heterocycles. The van der Waals surface area contributed by atoms with Crippen LogP contribution in [0.4, 0.5) is 11.4 Å². The monoisotopic (exact) mass is 851 g/mol. The molecule has 0 atom stereocenters. The highest BCUT2D eigenvalue weighted by Crippen LogP contribution is 2.44. The number of allylic oxidation sites excluding steroid dienone is 1. The van der Waals surface area contributed by atoms with Crippen LogP contribution in [0.5, 0.6) is 11.5 Å². The summed E-state index contributed by atoms with van der Waals surface area (Å²) in [5, 5.41) is 2.36. The van der Waals surface area contributed by atoms with Crippen LogP contribution >= 0.6 is 0 Å². The van der Waals surface area contributed by atoms with Crippen LogP contribution in [0.15, 0.2) is 127 Å². The standard InChI is InChI=1S/C59H70N4O/c1-37(2)41-28-50(38(3)4)56(51(29-41)39(5)6)40-19-18-20-44(27-40)61-35-54(59(13,14)15)62(36-61)45-30-43(58(10,11)12)31-47(33-45)64-46-23-24-49-48-21-16-17-22-52(48)63(53(49)34-46)55-32-42(25-26-60-55)57(7,8)9/h16-35,37-39H,36H2,1-15H3. The molecule has 0 unspecified atom stereocenters. The number of anilines is 2. The van der Waals surface area contributed by atoms with E-state index in [0.29, 0.717) is 24.4 Å². The van der Waals surface area contributed by atoms with Crippen molar-refractivity contribution >= 4 is 33.2 Å². The van der Waals surface area contributed by atoms with E-state index in [0.717, 1.165) is 34.0 Å². The van der Waals surface area contributed by atoms with Gasteiger partial charge in [0.1, 0.15) is 17.3 Å². The third-order valence-corrected chi connectivity index (χ3v) is 13.0. The van der Waals surface area contributed by atoms with Crippen molar-refractivity contribution < 1.29 is 4.74 Å². The van der Waals surface area contributed by atoms with E-state index in [-0.39, 0.29) is 16.2 Å². The average Bonchev–Trinajstić information content (AvgIpc) is 3.83. The number of rotatable bonds is 9. The zero-order chi connectivity index (χ0) is 46.0. The Morgan fingerprint density at radius 3 is 1.86 bits per heavy atom. The molecule has 332 valence electrons. The molecule has 0 spiro atoms. The van der Waals surface area contributed by atoms with Crippen LogP contribution < -0.4 is 14.5 Å². The number of pyridine rings is 1. The summed E-state index contributed by atoms with van der Waals surface area (Å²) in [6, 6.07) is 40.4. The van der Waals surface area contributed by atoms with Gasteiger partial charge < -0.3 is 14.5 Å². The number of aromatic nitrogens is 2. The lowest BCUT2D eigenvalue weighted by Crippen LogP contribution is -2.31. The van der Waals surface area contributed by atoms with Crippen molar-refractivity contribution in [1.29, 1.82) is 0 Å². The Balaban J connectivity index is 1.19. The molecule has 0 aliphatic carbocycles. The zero-order valence-corrected chi connectivity index (χ0v) is 41.2. The molecule has 5 heteroatoms. The van der Waals surface area contributed by atoms with Crippen molar-refractivity contribution in [3.8, 4) is 28.4 Å². The highest BCUT2D eigenvalue weighted by Gasteiger charge is 2.33. The molecule has 64 heavy (non-hydrogen) atoms. The van der Waals surface area contributed by atoms with Crippen molar-refractivity contribution in [2.75, 3.05) is 16.5 Å². The van der Waals surface area contributed by atoms with Crippen LogP contribution in [-0.4, -0.2) is 16.2 Å². The fourth-order valence-electron chi connectivity index (χ4n) is 9.23. The van der Waals surface area contributed by atoms with E-state index in [1.807, 2.05) is 6.20 Å². The minimum Gasteiger partial charge on any atom is -0.457 e. The molecule has 0 N–H and O–H groups in total. The van der Waals surface area contributed by atoms with Gasteiger partial charge >= 0.3 is 0 Å². The summed E-state index contributed by atoms with van der Waals surface area (Å²) < 4.78 is 9.26. The topological polar surface area (TPSA) is 33.5 Å². The molecule has 1 aliphatic rings. The van der Waals surface area contributed by atoms with Gasteiger partial charge in [-0.1, -0.05) is 146 Å². The minimum atomic E-state index is -0.121. The van der Waals surface area contributed by atoms with Gasteiger partial charge in [-0.3, -0.25) is 4.57 Å². The Kier molecular flexibility index (Phi) is 11.6. The maximum Gasteiger partial charge on any atom is 0.137 e. The quantitative estimate of drug-likeness (QED) is 0.145. The van der Waals surface area contributed by atoms with E-state index >= 15 is 0 Å². The number of nitrogens with zero attached hydrogens (tertiary/aromatic N) is 4. The Hall–Kier alpha value is -5.81. The molecule has 0 fully saturated rings. The fourth-order valence-corrected chi connectivity index (χ4v) is 9.23. The SMILES string of the molecule is CC(C)c1cc(C(C)C)c(-c2cccc(N3C=C(C(C)(C)C)N(c4cc(Oc5ccc6c7ccccc7n(-c7cc(C(C)(C)C)ccn7)c6c5)cc(C(C)(C)C)c4)C3)c2)c(C(C)C)c1. The van der Waals surface area contributed by atoms with Crippen molar-refractivity contribution in [3.05, 3.63) is 155 Å². The summed E-state index contributed by atoms with van der Waals surface area (Å²) in [6.45, 7) is 35.2. The molecule has 0 radical (unpaired) electrons. The zero-order valence-electron chi connectivity index (χ0n) is 41.2. The van der Waals surface area contributed by atoms with Crippen molar-refractivity contribution in [2.45, 2.75) is 132 Å². The minimum absolute atomic E-state index is 0.00588. The van der Waals surface area contributed by atoms with Crippen molar-refractivity contribution in [1.82, 2.24) is 9.55 Å². The van der Waals surface area contributed by atoms with Crippen molar-refractivity contribution in [3.63, 3.8) is 0 Å². The van der Waals surface area contributed by atoms with Crippen LogP contribution in [-0.2, 0) is 10.8 Å². The summed E-state index contributed by atoms with van der Waals surface area (Å²) in [5.41, 5.74) is 14.9. The summed E-state index contributed by atoms with van der Waals surface area (Å²) in [4.78, 5) is 9.83. The van der Waals surface area contributed by atoms with E-state index in [9.17, 15) is 0 Å². The fraction of sp³-hybridized carbons (Fsp3) is 0.373. The smallest absolute Gasteiger partial charge is 0.137 e. The average molecular weight is 851 g/mol. The molecule has 0 saturated heterocycles. The number of para-hydroxylation sites is 1. The number of hydrogen-bond acceptors (Lipinski definition) is 4. The third kappa shape index (κ3) is 8.71. The Bertz CT molecular complexity index is 2860. The Labute approximate surface area is 383 Å². The Morgan fingerprint density at radius 1 is 0.547 bits per heavy atom. The van der Waals surface area contributed by atoms with Gasteiger partial charge in [0.25, 0.3) is 0 Å². The highest BCUT2D eigenvalue weighted by atomic mass is 16.5. The van der Waals surface area contributed by atoms with Gasteiger partial charge in [-0.15, -0.1) is 0 Å². The first-order valence-corrected chi connectivity index (χ1v) is 23.5. The van der Waals surface area contributed by atoms with Crippen LogP contribution in [0.1, 0.15) is 149 Å². The second-order valence-corrected chi connectivity index (χ2v) is 22.1. The third-order valence-electron chi connectivity index (χ3n) is 13.0. The van der Waals surface area contributed by atoms with Gasteiger partial charge in [0.2, 0.25) is 0 Å². The lowest BCUT2D eigenvalue weighted by atomic mass is 9.81. The lowest BCUT2D eigenvalue weighted by molar-refractivity contribution is 0.477. The molecular weight excluding hydrogens is 781 g/mol. The maximum absolute atomic E-state index is 6.97. The molecule has 0 bridgehead atoms. The molecule has 0 saturated carbocycles.